The van der Waals surface area contributed by atoms with Crippen LogP contribution < -0.4 is 5.73 Å². The molecule has 0 radical (unpaired) electrons. The van der Waals surface area contributed by atoms with Crippen molar-refractivity contribution >= 4 is 11.8 Å². The van der Waals surface area contributed by atoms with Gasteiger partial charge in [0, 0.05) is 6.42 Å². The molecule has 1 atom stereocenters. The number of rotatable bonds is 4. The highest BCUT2D eigenvalue weighted by atomic mass is 16.5. The van der Waals surface area contributed by atoms with Gasteiger partial charge >= 0.3 is 5.97 Å². The van der Waals surface area contributed by atoms with Gasteiger partial charge in [-0.25, -0.2) is 0 Å². The Hall–Kier alpha value is -1.62. The normalized spacial score (nSPS) is 12.1. The first-order valence-electron chi connectivity index (χ1n) is 4.05. The number of ketones is 1. The maximum Gasteiger partial charge on any atom is 0.323 e. The van der Waals surface area contributed by atoms with E-state index in [9.17, 15) is 9.59 Å². The van der Waals surface area contributed by atoms with Gasteiger partial charge in [-0.2, -0.15) is 0 Å². The van der Waals surface area contributed by atoms with Gasteiger partial charge in [-0.05, 0) is 12.1 Å². The zero-order chi connectivity index (χ0) is 10.6. The largest absolute Gasteiger partial charge is 0.468 e. The highest BCUT2D eigenvalue weighted by Gasteiger charge is 2.20. The number of esters is 1. The molecular weight excluding hydrogens is 186 g/mol. The zero-order valence-corrected chi connectivity index (χ0v) is 7.73. The van der Waals surface area contributed by atoms with Crippen molar-refractivity contribution in [3.8, 4) is 0 Å². The molecule has 1 rings (SSSR count). The van der Waals surface area contributed by atoms with Crippen LogP contribution in [-0.4, -0.2) is 24.9 Å². The Bertz CT molecular complexity index is 318. The number of ether oxygens (including phenoxy) is 1. The lowest BCUT2D eigenvalue weighted by Gasteiger charge is -2.06. The third-order valence-electron chi connectivity index (χ3n) is 1.71. The van der Waals surface area contributed by atoms with Crippen LogP contribution in [0.2, 0.25) is 0 Å². The van der Waals surface area contributed by atoms with Crippen molar-refractivity contribution < 1.29 is 18.7 Å². The maximum absolute atomic E-state index is 11.4. The van der Waals surface area contributed by atoms with Gasteiger partial charge in [-0.3, -0.25) is 9.59 Å². The maximum atomic E-state index is 11.4. The Kier molecular flexibility index (Phi) is 3.41. The SMILES string of the molecule is COC(=O)C(N)CC(=O)c1ccco1. The van der Waals surface area contributed by atoms with Crippen LogP contribution in [0.15, 0.2) is 22.8 Å². The van der Waals surface area contributed by atoms with E-state index in [0.717, 1.165) is 0 Å². The Morgan fingerprint density at radius 3 is 2.86 bits per heavy atom. The summed E-state index contributed by atoms with van der Waals surface area (Å²) in [6.07, 6.45) is 1.27. The molecule has 0 saturated heterocycles. The van der Waals surface area contributed by atoms with E-state index in [1.807, 2.05) is 0 Å². The second kappa shape index (κ2) is 4.57. The molecule has 1 unspecified atom stereocenters. The van der Waals surface area contributed by atoms with Gasteiger partial charge in [0.25, 0.3) is 0 Å². The van der Waals surface area contributed by atoms with E-state index < -0.39 is 12.0 Å². The predicted molar refractivity (Wildman–Crippen MR) is 47.6 cm³/mol. The highest BCUT2D eigenvalue weighted by Crippen LogP contribution is 2.05. The van der Waals surface area contributed by atoms with E-state index in [-0.39, 0.29) is 18.0 Å². The Morgan fingerprint density at radius 1 is 1.64 bits per heavy atom. The topological polar surface area (TPSA) is 82.5 Å². The number of furan rings is 1. The summed E-state index contributed by atoms with van der Waals surface area (Å²) in [6.45, 7) is 0. The van der Waals surface area contributed by atoms with Crippen LogP contribution in [0.4, 0.5) is 0 Å². The molecular formula is C9H11NO4. The molecule has 0 bridgehead atoms. The fourth-order valence-electron chi connectivity index (χ4n) is 0.972. The number of carbonyl (C=O) groups is 2. The summed E-state index contributed by atoms with van der Waals surface area (Å²) < 4.78 is 9.24. The second-order valence-electron chi connectivity index (χ2n) is 2.73. The molecule has 76 valence electrons. The van der Waals surface area contributed by atoms with Crippen LogP contribution in [0.1, 0.15) is 17.0 Å². The number of methoxy groups -OCH3 is 1. The third-order valence-corrected chi connectivity index (χ3v) is 1.71. The first-order valence-corrected chi connectivity index (χ1v) is 4.05. The van der Waals surface area contributed by atoms with Crippen LogP contribution in [0.3, 0.4) is 0 Å². The standard InChI is InChI=1S/C9H11NO4/c1-13-9(12)6(10)5-7(11)8-3-2-4-14-8/h2-4,6H,5,10H2,1H3. The Labute approximate surface area is 80.8 Å². The van der Waals surface area contributed by atoms with Gasteiger partial charge in [0.1, 0.15) is 6.04 Å². The lowest BCUT2D eigenvalue weighted by molar-refractivity contribution is -0.142. The van der Waals surface area contributed by atoms with Crippen molar-refractivity contribution in [1.29, 1.82) is 0 Å². The van der Waals surface area contributed by atoms with Gasteiger partial charge in [0.15, 0.2) is 11.5 Å². The van der Waals surface area contributed by atoms with Gasteiger partial charge in [-0.1, -0.05) is 0 Å². The van der Waals surface area contributed by atoms with Crippen LogP contribution in [0, 0.1) is 0 Å². The summed E-state index contributed by atoms with van der Waals surface area (Å²) in [5.74, 6) is -0.720. The molecule has 0 aliphatic carbocycles. The number of hydrogen-bond donors (Lipinski definition) is 1. The molecule has 1 heterocycles. The molecule has 0 amide bonds. The highest BCUT2D eigenvalue weighted by molar-refractivity contribution is 5.96. The third kappa shape index (κ3) is 2.43. The predicted octanol–water partition coefficient (Wildman–Crippen LogP) is 0.353. The Balaban J connectivity index is 2.53. The number of Topliss-reactive ketones (excluding diaryl/α,β-unsaturated/α-hetero) is 1. The van der Waals surface area contributed by atoms with E-state index in [1.165, 1.54) is 19.4 Å². The second-order valence-corrected chi connectivity index (χ2v) is 2.73. The minimum Gasteiger partial charge on any atom is -0.468 e. The minimum atomic E-state index is -0.933. The number of hydrogen-bond acceptors (Lipinski definition) is 5. The lowest BCUT2D eigenvalue weighted by Crippen LogP contribution is -2.33. The Morgan fingerprint density at radius 2 is 2.36 bits per heavy atom. The van der Waals surface area contributed by atoms with E-state index in [1.54, 1.807) is 6.07 Å². The monoisotopic (exact) mass is 197 g/mol. The molecule has 5 heteroatoms. The van der Waals surface area contributed by atoms with Crippen LogP contribution in [0.25, 0.3) is 0 Å². The fraction of sp³-hybridized carbons (Fsp3) is 0.333. The van der Waals surface area contributed by atoms with Crippen molar-refractivity contribution in [2.24, 2.45) is 5.73 Å². The summed E-state index contributed by atoms with van der Waals surface area (Å²) in [5.41, 5.74) is 5.40. The van der Waals surface area contributed by atoms with Crippen molar-refractivity contribution in [3.63, 3.8) is 0 Å². The number of nitrogens with two attached hydrogens (primary N) is 1. The van der Waals surface area contributed by atoms with E-state index in [2.05, 4.69) is 4.74 Å². The van der Waals surface area contributed by atoms with Crippen molar-refractivity contribution in [3.05, 3.63) is 24.2 Å². The molecule has 5 nitrogen and oxygen atoms in total. The van der Waals surface area contributed by atoms with Crippen LogP contribution >= 0.6 is 0 Å². The van der Waals surface area contributed by atoms with Gasteiger partial charge in [0.2, 0.25) is 0 Å². The van der Waals surface area contributed by atoms with Gasteiger partial charge < -0.3 is 14.9 Å². The van der Waals surface area contributed by atoms with Gasteiger partial charge in [-0.15, -0.1) is 0 Å². The summed E-state index contributed by atoms with van der Waals surface area (Å²) >= 11 is 0. The van der Waals surface area contributed by atoms with E-state index >= 15 is 0 Å². The molecule has 0 fully saturated rings. The molecule has 1 aromatic heterocycles. The molecule has 1 aromatic rings. The van der Waals surface area contributed by atoms with E-state index in [0.29, 0.717) is 0 Å². The average Bonchev–Trinajstić information content (AvgIpc) is 2.69. The molecule has 0 spiro atoms. The summed E-state index contributed by atoms with van der Waals surface area (Å²) in [5, 5.41) is 0. The van der Waals surface area contributed by atoms with E-state index in [4.69, 9.17) is 10.2 Å². The molecule has 14 heavy (non-hydrogen) atoms. The number of carbonyl (C=O) groups excluding carboxylic acids is 2. The van der Waals surface area contributed by atoms with Crippen molar-refractivity contribution in [1.82, 2.24) is 0 Å². The molecule has 0 saturated carbocycles. The average molecular weight is 197 g/mol. The minimum absolute atomic E-state index is 0.111. The molecule has 0 aromatic carbocycles. The first-order chi connectivity index (χ1) is 6.65. The fourth-order valence-corrected chi connectivity index (χ4v) is 0.972. The van der Waals surface area contributed by atoms with Crippen LogP contribution in [-0.2, 0) is 9.53 Å². The summed E-state index contributed by atoms with van der Waals surface area (Å²) in [7, 11) is 1.22. The zero-order valence-electron chi connectivity index (χ0n) is 7.73. The van der Waals surface area contributed by atoms with Crippen LogP contribution in [0.5, 0.6) is 0 Å². The smallest absolute Gasteiger partial charge is 0.323 e. The molecule has 0 aliphatic heterocycles. The lowest BCUT2D eigenvalue weighted by atomic mass is 10.1. The summed E-state index contributed by atoms with van der Waals surface area (Å²) in [6, 6.07) is 2.18. The quantitative estimate of drug-likeness (QED) is 0.556. The molecule has 0 aliphatic rings. The molecule has 2 N–H and O–H groups in total. The van der Waals surface area contributed by atoms with Crippen molar-refractivity contribution in [2.45, 2.75) is 12.5 Å². The first kappa shape index (κ1) is 10.5. The summed E-state index contributed by atoms with van der Waals surface area (Å²) in [4.78, 5) is 22.2. The van der Waals surface area contributed by atoms with Gasteiger partial charge in [0.05, 0.1) is 13.4 Å². The van der Waals surface area contributed by atoms with Crippen molar-refractivity contribution in [2.75, 3.05) is 7.11 Å².